The van der Waals surface area contributed by atoms with Crippen LogP contribution in [0.4, 0.5) is 0 Å². The third-order valence-electron chi connectivity index (χ3n) is 5.05. The summed E-state index contributed by atoms with van der Waals surface area (Å²) >= 11 is 6.12. The summed E-state index contributed by atoms with van der Waals surface area (Å²) in [6, 6.07) is 18.7. The zero-order valence-electron chi connectivity index (χ0n) is 15.5. The molecule has 3 nitrogen and oxygen atoms in total. The Bertz CT molecular complexity index is 957. The van der Waals surface area contributed by atoms with Gasteiger partial charge in [0, 0.05) is 5.56 Å². The van der Waals surface area contributed by atoms with Gasteiger partial charge in [-0.2, -0.15) is 5.10 Å². The summed E-state index contributed by atoms with van der Waals surface area (Å²) in [5.74, 6) is 1.27. The average Bonchev–Trinajstić information content (AvgIpc) is 3.19. The Labute approximate surface area is 165 Å². The lowest BCUT2D eigenvalue weighted by molar-refractivity contribution is 0.415. The van der Waals surface area contributed by atoms with E-state index in [2.05, 4.69) is 53.2 Å². The smallest absolute Gasteiger partial charge is 0.118 e. The minimum absolute atomic E-state index is 0.415. The molecule has 1 heterocycles. The molecule has 0 amide bonds. The van der Waals surface area contributed by atoms with Gasteiger partial charge in [-0.05, 0) is 61.1 Å². The van der Waals surface area contributed by atoms with Gasteiger partial charge in [0.25, 0.3) is 0 Å². The van der Waals surface area contributed by atoms with Gasteiger partial charge in [0.1, 0.15) is 5.75 Å². The van der Waals surface area contributed by atoms with Crippen LogP contribution in [0.25, 0.3) is 22.4 Å². The highest BCUT2D eigenvalue weighted by Gasteiger charge is 2.17. The molecule has 0 radical (unpaired) electrons. The molecular weight excluding hydrogens is 356 g/mol. The van der Waals surface area contributed by atoms with E-state index in [1.54, 1.807) is 7.11 Å². The van der Waals surface area contributed by atoms with E-state index in [-0.39, 0.29) is 0 Å². The van der Waals surface area contributed by atoms with Gasteiger partial charge < -0.3 is 4.74 Å². The fraction of sp³-hybridized carbons (Fsp3) is 0.261. The van der Waals surface area contributed by atoms with Crippen LogP contribution >= 0.6 is 11.6 Å². The predicted molar refractivity (Wildman–Crippen MR) is 112 cm³/mol. The normalized spacial score (nSPS) is 14.1. The third-order valence-corrected chi connectivity index (χ3v) is 5.32. The second-order valence-corrected chi connectivity index (χ2v) is 7.05. The second kappa shape index (κ2) is 8.01. The van der Waals surface area contributed by atoms with Crippen LogP contribution in [0.1, 0.15) is 37.1 Å². The van der Waals surface area contributed by atoms with Crippen molar-refractivity contribution >= 4 is 17.2 Å². The Balaban J connectivity index is 1.84. The maximum absolute atomic E-state index is 6.12. The SMILES string of the molecule is COc1ccc(-c2ccccc2-n2nc(CCl)cc2C2=CCCCC2)cc1. The van der Waals surface area contributed by atoms with E-state index in [0.29, 0.717) is 5.88 Å². The Kier molecular flexibility index (Phi) is 5.30. The van der Waals surface area contributed by atoms with Gasteiger partial charge in [-0.3, -0.25) is 0 Å². The van der Waals surface area contributed by atoms with Crippen molar-refractivity contribution in [2.45, 2.75) is 31.6 Å². The summed E-state index contributed by atoms with van der Waals surface area (Å²) in [5, 5.41) is 4.81. The van der Waals surface area contributed by atoms with Crippen molar-refractivity contribution in [3.05, 3.63) is 72.1 Å². The molecule has 0 saturated carbocycles. The second-order valence-electron chi connectivity index (χ2n) is 6.79. The van der Waals surface area contributed by atoms with Crippen molar-refractivity contribution in [3.8, 4) is 22.6 Å². The summed E-state index contributed by atoms with van der Waals surface area (Å²) in [6.07, 6.45) is 7.08. The molecule has 1 aliphatic rings. The number of halogens is 1. The lowest BCUT2D eigenvalue weighted by Gasteiger charge is -2.17. The number of rotatable bonds is 5. The summed E-state index contributed by atoms with van der Waals surface area (Å²) in [7, 11) is 1.69. The van der Waals surface area contributed by atoms with Crippen molar-refractivity contribution in [2.75, 3.05) is 7.11 Å². The molecule has 3 aromatic rings. The molecule has 4 rings (SSSR count). The van der Waals surface area contributed by atoms with Gasteiger partial charge in [0.2, 0.25) is 0 Å². The summed E-state index contributed by atoms with van der Waals surface area (Å²) < 4.78 is 7.36. The van der Waals surface area contributed by atoms with Gasteiger partial charge in [-0.25, -0.2) is 4.68 Å². The molecule has 2 aromatic carbocycles. The third kappa shape index (κ3) is 3.65. The molecule has 1 aliphatic carbocycles. The molecule has 0 spiro atoms. The standard InChI is InChI=1S/C23H23ClN2O/c1-27-20-13-11-17(12-14-20)21-9-5-6-10-22(21)26-23(15-19(16-24)25-26)18-7-3-2-4-8-18/h5-7,9-15H,2-4,8,16H2,1H3. The number of allylic oxidation sites excluding steroid dienone is 2. The predicted octanol–water partition coefficient (Wildman–Crippen LogP) is 6.24. The van der Waals surface area contributed by atoms with Crippen molar-refractivity contribution in [1.29, 1.82) is 0 Å². The molecular formula is C23H23ClN2O. The fourth-order valence-corrected chi connectivity index (χ4v) is 3.78. The number of hydrogen-bond acceptors (Lipinski definition) is 2. The van der Waals surface area contributed by atoms with E-state index in [9.17, 15) is 0 Å². The van der Waals surface area contributed by atoms with Crippen LogP contribution in [0.5, 0.6) is 5.75 Å². The first-order valence-electron chi connectivity index (χ1n) is 9.38. The first-order chi connectivity index (χ1) is 13.3. The lowest BCUT2D eigenvalue weighted by atomic mass is 9.96. The maximum atomic E-state index is 6.12. The highest BCUT2D eigenvalue weighted by Crippen LogP contribution is 2.33. The minimum Gasteiger partial charge on any atom is -0.497 e. The van der Waals surface area contributed by atoms with Gasteiger partial charge in [-0.1, -0.05) is 36.4 Å². The van der Waals surface area contributed by atoms with Crippen molar-refractivity contribution < 1.29 is 4.74 Å². The summed E-state index contributed by atoms with van der Waals surface area (Å²) in [6.45, 7) is 0. The molecule has 0 unspecified atom stereocenters. The van der Waals surface area contributed by atoms with Gasteiger partial charge in [0.15, 0.2) is 0 Å². The maximum Gasteiger partial charge on any atom is 0.118 e. The average molecular weight is 379 g/mol. The van der Waals surface area contributed by atoms with Gasteiger partial charge in [-0.15, -0.1) is 11.6 Å². The van der Waals surface area contributed by atoms with Crippen LogP contribution in [0, 0.1) is 0 Å². The molecule has 0 aliphatic heterocycles. The van der Waals surface area contributed by atoms with Crippen LogP contribution in [-0.4, -0.2) is 16.9 Å². The zero-order chi connectivity index (χ0) is 18.6. The van der Waals surface area contributed by atoms with Crippen molar-refractivity contribution in [2.24, 2.45) is 0 Å². The Hall–Kier alpha value is -2.52. The molecule has 4 heteroatoms. The molecule has 27 heavy (non-hydrogen) atoms. The fourth-order valence-electron chi connectivity index (χ4n) is 3.65. The van der Waals surface area contributed by atoms with E-state index in [0.717, 1.165) is 46.8 Å². The monoisotopic (exact) mass is 378 g/mol. The van der Waals surface area contributed by atoms with Crippen LogP contribution in [0.3, 0.4) is 0 Å². The lowest BCUT2D eigenvalue weighted by Crippen LogP contribution is -2.05. The summed E-state index contributed by atoms with van der Waals surface area (Å²) in [5.41, 5.74) is 6.78. The van der Waals surface area contributed by atoms with Crippen molar-refractivity contribution in [1.82, 2.24) is 9.78 Å². The van der Waals surface area contributed by atoms with E-state index in [1.165, 1.54) is 18.4 Å². The molecule has 0 saturated heterocycles. The van der Waals surface area contributed by atoms with E-state index in [1.807, 2.05) is 12.1 Å². The van der Waals surface area contributed by atoms with Crippen molar-refractivity contribution in [3.63, 3.8) is 0 Å². The zero-order valence-corrected chi connectivity index (χ0v) is 16.2. The molecule has 0 atom stereocenters. The Morgan fingerprint density at radius 2 is 1.89 bits per heavy atom. The highest BCUT2D eigenvalue weighted by atomic mass is 35.5. The van der Waals surface area contributed by atoms with Crippen LogP contribution in [0.15, 0.2) is 60.7 Å². The first-order valence-corrected chi connectivity index (χ1v) is 9.92. The van der Waals surface area contributed by atoms with E-state index in [4.69, 9.17) is 21.4 Å². The van der Waals surface area contributed by atoms with E-state index < -0.39 is 0 Å². The quantitative estimate of drug-likeness (QED) is 0.491. The topological polar surface area (TPSA) is 27.1 Å². The Morgan fingerprint density at radius 3 is 2.59 bits per heavy atom. The number of para-hydroxylation sites is 1. The number of benzene rings is 2. The number of nitrogens with zero attached hydrogens (tertiary/aromatic N) is 2. The number of aromatic nitrogens is 2. The molecule has 0 fully saturated rings. The number of hydrogen-bond donors (Lipinski definition) is 0. The minimum atomic E-state index is 0.415. The Morgan fingerprint density at radius 1 is 1.07 bits per heavy atom. The first kappa shape index (κ1) is 17.9. The number of methoxy groups -OCH3 is 1. The molecule has 0 N–H and O–H groups in total. The molecule has 0 bridgehead atoms. The molecule has 138 valence electrons. The highest BCUT2D eigenvalue weighted by molar-refractivity contribution is 6.16. The van der Waals surface area contributed by atoms with Crippen LogP contribution in [-0.2, 0) is 5.88 Å². The number of ether oxygens (including phenoxy) is 1. The largest absolute Gasteiger partial charge is 0.497 e. The molecule has 1 aromatic heterocycles. The van der Waals surface area contributed by atoms with Gasteiger partial charge >= 0.3 is 0 Å². The van der Waals surface area contributed by atoms with E-state index >= 15 is 0 Å². The van der Waals surface area contributed by atoms with Crippen LogP contribution in [0.2, 0.25) is 0 Å². The van der Waals surface area contributed by atoms with Crippen LogP contribution < -0.4 is 4.74 Å². The number of alkyl halides is 1. The van der Waals surface area contributed by atoms with Gasteiger partial charge in [0.05, 0.1) is 30.1 Å². The summed E-state index contributed by atoms with van der Waals surface area (Å²) in [4.78, 5) is 0.